The average Bonchev–Trinajstić information content (AvgIpc) is 2.99. The lowest BCUT2D eigenvalue weighted by atomic mass is 10.1. The highest BCUT2D eigenvalue weighted by Gasteiger charge is 2.23. The lowest BCUT2D eigenvalue weighted by molar-refractivity contribution is 0.108. The van der Waals surface area contributed by atoms with Crippen LogP contribution in [0.5, 0.6) is 6.01 Å². The second kappa shape index (κ2) is 6.43. The Morgan fingerprint density at radius 1 is 1.19 bits per heavy atom. The van der Waals surface area contributed by atoms with Crippen molar-refractivity contribution < 1.29 is 4.74 Å². The molecule has 0 bridgehead atoms. The van der Waals surface area contributed by atoms with Gasteiger partial charge in [-0.15, -0.1) is 0 Å². The maximum absolute atomic E-state index is 5.80. The largest absolute Gasteiger partial charge is 0.461 e. The van der Waals surface area contributed by atoms with Gasteiger partial charge in [0, 0.05) is 25.7 Å². The minimum absolute atomic E-state index is 0.0831. The molecule has 0 radical (unpaired) electrons. The topological polar surface area (TPSA) is 66.4 Å². The number of aromatic nitrogens is 3. The highest BCUT2D eigenvalue weighted by atomic mass is 16.5. The summed E-state index contributed by atoms with van der Waals surface area (Å²) in [4.78, 5) is 17.4. The van der Waals surface area contributed by atoms with Crippen LogP contribution in [0, 0.1) is 0 Å². The monoisotopic (exact) mass is 294 g/mol. The van der Waals surface area contributed by atoms with Crippen LogP contribution in [0.15, 0.2) is 0 Å². The highest BCUT2D eigenvalue weighted by molar-refractivity contribution is 5.38. The minimum Gasteiger partial charge on any atom is -0.461 e. The van der Waals surface area contributed by atoms with Gasteiger partial charge in [-0.2, -0.15) is 15.0 Å². The zero-order chi connectivity index (χ0) is 15.5. The van der Waals surface area contributed by atoms with Gasteiger partial charge in [0.2, 0.25) is 11.9 Å². The van der Waals surface area contributed by atoms with Gasteiger partial charge in [0.05, 0.1) is 0 Å². The summed E-state index contributed by atoms with van der Waals surface area (Å²) in [5.74, 6) is 1.24. The van der Waals surface area contributed by atoms with Crippen molar-refractivity contribution in [3.63, 3.8) is 0 Å². The summed E-state index contributed by atoms with van der Waals surface area (Å²) in [5, 5.41) is 2.97. The molecule has 7 heteroatoms. The number of nitrogens with zero attached hydrogens (tertiary/aromatic N) is 5. The van der Waals surface area contributed by atoms with E-state index in [4.69, 9.17) is 4.74 Å². The maximum atomic E-state index is 5.80. The van der Waals surface area contributed by atoms with Gasteiger partial charge >= 0.3 is 6.01 Å². The molecule has 1 N–H and O–H groups in total. The SMILES string of the molecule is CNc1nc(OCC(C)(C)N(C)C)nc(N2CCCC2)n1. The number of nitrogens with one attached hydrogen (secondary N) is 1. The molecule has 0 saturated carbocycles. The van der Waals surface area contributed by atoms with E-state index in [1.807, 2.05) is 14.1 Å². The van der Waals surface area contributed by atoms with Gasteiger partial charge in [-0.1, -0.05) is 0 Å². The molecule has 1 aliphatic heterocycles. The molecule has 1 aliphatic rings. The highest BCUT2D eigenvalue weighted by Crippen LogP contribution is 2.20. The van der Waals surface area contributed by atoms with Gasteiger partial charge in [0.25, 0.3) is 0 Å². The Kier molecular flexibility index (Phi) is 4.82. The van der Waals surface area contributed by atoms with Crippen molar-refractivity contribution in [2.45, 2.75) is 32.2 Å². The Labute approximate surface area is 126 Å². The van der Waals surface area contributed by atoms with Crippen molar-refractivity contribution in [2.75, 3.05) is 51.1 Å². The second-order valence-corrected chi connectivity index (χ2v) is 6.18. The quantitative estimate of drug-likeness (QED) is 0.846. The Hall–Kier alpha value is -1.63. The Bertz CT molecular complexity index is 471. The third kappa shape index (κ3) is 3.93. The Morgan fingerprint density at radius 3 is 2.43 bits per heavy atom. The van der Waals surface area contributed by atoms with Crippen LogP contribution < -0.4 is 15.0 Å². The van der Waals surface area contributed by atoms with E-state index in [-0.39, 0.29) is 5.54 Å². The van der Waals surface area contributed by atoms with E-state index in [0.717, 1.165) is 13.1 Å². The molecule has 21 heavy (non-hydrogen) atoms. The van der Waals surface area contributed by atoms with Crippen molar-refractivity contribution in [1.82, 2.24) is 19.9 Å². The molecule has 2 rings (SSSR count). The molecule has 1 fully saturated rings. The summed E-state index contributed by atoms with van der Waals surface area (Å²) in [7, 11) is 5.87. The fraction of sp³-hybridized carbons (Fsp3) is 0.786. The molecule has 0 atom stereocenters. The molecule has 1 saturated heterocycles. The summed E-state index contributed by atoms with van der Waals surface area (Å²) in [5.41, 5.74) is -0.0831. The molecular weight excluding hydrogens is 268 g/mol. The van der Waals surface area contributed by atoms with Gasteiger partial charge in [-0.05, 0) is 40.8 Å². The number of hydrogen-bond donors (Lipinski definition) is 1. The van der Waals surface area contributed by atoms with Gasteiger partial charge < -0.3 is 19.9 Å². The van der Waals surface area contributed by atoms with Crippen LogP contribution in [0.2, 0.25) is 0 Å². The molecule has 2 heterocycles. The van der Waals surface area contributed by atoms with E-state index in [9.17, 15) is 0 Å². The number of ether oxygens (including phenoxy) is 1. The second-order valence-electron chi connectivity index (χ2n) is 6.18. The first kappa shape index (κ1) is 15.8. The van der Waals surface area contributed by atoms with Crippen molar-refractivity contribution in [1.29, 1.82) is 0 Å². The molecule has 0 aliphatic carbocycles. The number of hydrogen-bond acceptors (Lipinski definition) is 7. The van der Waals surface area contributed by atoms with E-state index in [0.29, 0.717) is 24.5 Å². The van der Waals surface area contributed by atoms with Crippen LogP contribution in [0.1, 0.15) is 26.7 Å². The standard InChI is InChI=1S/C14H26N6O/c1-14(2,19(4)5)10-21-13-17-11(15-3)16-12(18-13)20-8-6-7-9-20/h6-10H2,1-5H3,(H,15,16,17,18). The fourth-order valence-electron chi connectivity index (χ4n) is 1.95. The molecule has 0 aromatic carbocycles. The number of anilines is 2. The Balaban J connectivity index is 2.13. The maximum Gasteiger partial charge on any atom is 0.323 e. The summed E-state index contributed by atoms with van der Waals surface area (Å²) >= 11 is 0. The lowest BCUT2D eigenvalue weighted by Crippen LogP contribution is -2.43. The predicted octanol–water partition coefficient (Wildman–Crippen LogP) is 1.23. The average molecular weight is 294 g/mol. The van der Waals surface area contributed by atoms with Crippen LogP contribution in [0.3, 0.4) is 0 Å². The van der Waals surface area contributed by atoms with Crippen molar-refractivity contribution >= 4 is 11.9 Å². The molecule has 0 spiro atoms. The first-order chi connectivity index (χ1) is 9.92. The molecule has 1 aromatic heterocycles. The summed E-state index contributed by atoms with van der Waals surface area (Å²) < 4.78 is 5.80. The molecule has 7 nitrogen and oxygen atoms in total. The molecule has 1 aromatic rings. The van der Waals surface area contributed by atoms with Crippen molar-refractivity contribution in [3.05, 3.63) is 0 Å². The van der Waals surface area contributed by atoms with Crippen LogP contribution in [0.4, 0.5) is 11.9 Å². The van der Waals surface area contributed by atoms with Crippen LogP contribution in [-0.2, 0) is 0 Å². The zero-order valence-electron chi connectivity index (χ0n) is 13.7. The molecule has 0 unspecified atom stereocenters. The van der Waals surface area contributed by atoms with E-state index < -0.39 is 0 Å². The third-order valence-corrected chi connectivity index (χ3v) is 3.98. The molecule has 118 valence electrons. The van der Waals surface area contributed by atoms with E-state index in [1.165, 1.54) is 12.8 Å². The Morgan fingerprint density at radius 2 is 1.86 bits per heavy atom. The van der Waals surface area contributed by atoms with Gasteiger partial charge in [-0.25, -0.2) is 0 Å². The molecule has 0 amide bonds. The summed E-state index contributed by atoms with van der Waals surface area (Å²) in [6.45, 7) is 6.75. The smallest absolute Gasteiger partial charge is 0.323 e. The summed E-state index contributed by atoms with van der Waals surface area (Å²) in [6.07, 6.45) is 2.37. The molecular formula is C14H26N6O. The number of likely N-dealkylation sites (N-methyl/N-ethyl adjacent to an activating group) is 1. The zero-order valence-corrected chi connectivity index (χ0v) is 13.7. The first-order valence-corrected chi connectivity index (χ1v) is 7.41. The third-order valence-electron chi connectivity index (χ3n) is 3.98. The van der Waals surface area contributed by atoms with Crippen molar-refractivity contribution in [3.8, 4) is 6.01 Å². The minimum atomic E-state index is -0.0831. The van der Waals surface area contributed by atoms with E-state index in [1.54, 1.807) is 7.05 Å². The normalized spacial score (nSPS) is 15.6. The summed E-state index contributed by atoms with van der Waals surface area (Å²) in [6, 6.07) is 0.381. The van der Waals surface area contributed by atoms with Crippen LogP contribution in [0.25, 0.3) is 0 Å². The van der Waals surface area contributed by atoms with E-state index in [2.05, 4.69) is 43.9 Å². The van der Waals surface area contributed by atoms with Gasteiger partial charge in [0.15, 0.2) is 0 Å². The van der Waals surface area contributed by atoms with Gasteiger partial charge in [-0.3, -0.25) is 0 Å². The fourth-order valence-corrected chi connectivity index (χ4v) is 1.95. The predicted molar refractivity (Wildman–Crippen MR) is 84.1 cm³/mol. The lowest BCUT2D eigenvalue weighted by Gasteiger charge is -2.31. The van der Waals surface area contributed by atoms with Gasteiger partial charge in [0.1, 0.15) is 6.61 Å². The number of rotatable bonds is 6. The van der Waals surface area contributed by atoms with E-state index >= 15 is 0 Å². The van der Waals surface area contributed by atoms with Crippen LogP contribution in [-0.4, -0.2) is 66.2 Å². The first-order valence-electron chi connectivity index (χ1n) is 7.41. The van der Waals surface area contributed by atoms with Crippen LogP contribution >= 0.6 is 0 Å². The van der Waals surface area contributed by atoms with Crippen molar-refractivity contribution in [2.24, 2.45) is 0 Å².